The van der Waals surface area contributed by atoms with Crippen molar-refractivity contribution in [2.45, 2.75) is 43.8 Å². The lowest BCUT2D eigenvalue weighted by molar-refractivity contribution is -0.0988. The zero-order valence-corrected chi connectivity index (χ0v) is 11.8. The van der Waals surface area contributed by atoms with Gasteiger partial charge in [-0.05, 0) is 41.3 Å². The van der Waals surface area contributed by atoms with Crippen molar-refractivity contribution < 1.29 is 9.84 Å². The van der Waals surface area contributed by atoms with Gasteiger partial charge < -0.3 is 9.84 Å². The monoisotopic (exact) mass is 304 g/mol. The molecule has 90 valence electrons. The maximum atomic E-state index is 10.1. The van der Waals surface area contributed by atoms with Crippen LogP contribution >= 0.6 is 27.3 Å². The van der Waals surface area contributed by atoms with Gasteiger partial charge in [0.15, 0.2) is 0 Å². The quantitative estimate of drug-likeness (QED) is 0.904. The lowest BCUT2D eigenvalue weighted by Crippen LogP contribution is -2.42. The van der Waals surface area contributed by atoms with Crippen molar-refractivity contribution in [3.63, 3.8) is 0 Å². The SMILES string of the molecule is COC1(CC(O)Cc2cc(Br)cs2)CCC1. The van der Waals surface area contributed by atoms with Gasteiger partial charge >= 0.3 is 0 Å². The second kappa shape index (κ2) is 5.17. The molecule has 0 bridgehead atoms. The molecule has 2 rings (SSSR count). The zero-order chi connectivity index (χ0) is 11.6. The summed E-state index contributed by atoms with van der Waals surface area (Å²) in [6, 6.07) is 2.08. The summed E-state index contributed by atoms with van der Waals surface area (Å²) < 4.78 is 6.62. The third-order valence-corrected chi connectivity index (χ3v) is 5.08. The van der Waals surface area contributed by atoms with Crippen molar-refractivity contribution in [3.8, 4) is 0 Å². The molecule has 1 aromatic rings. The van der Waals surface area contributed by atoms with E-state index in [1.807, 2.05) is 0 Å². The average Bonchev–Trinajstić information content (AvgIpc) is 2.57. The molecule has 1 aliphatic rings. The van der Waals surface area contributed by atoms with Gasteiger partial charge in [-0.2, -0.15) is 0 Å². The van der Waals surface area contributed by atoms with Gasteiger partial charge in [-0.3, -0.25) is 0 Å². The molecule has 1 unspecified atom stereocenters. The number of hydrogen-bond donors (Lipinski definition) is 1. The third-order valence-electron chi connectivity index (χ3n) is 3.36. The number of aliphatic hydroxyl groups is 1. The van der Waals surface area contributed by atoms with Crippen LogP contribution in [0.3, 0.4) is 0 Å². The van der Waals surface area contributed by atoms with Crippen LogP contribution < -0.4 is 0 Å². The van der Waals surface area contributed by atoms with Gasteiger partial charge in [0.25, 0.3) is 0 Å². The number of hydrogen-bond acceptors (Lipinski definition) is 3. The topological polar surface area (TPSA) is 29.5 Å². The molecule has 0 amide bonds. The van der Waals surface area contributed by atoms with E-state index >= 15 is 0 Å². The second-order valence-electron chi connectivity index (χ2n) is 4.53. The molecule has 0 saturated heterocycles. The molecular weight excluding hydrogens is 288 g/mol. The van der Waals surface area contributed by atoms with Crippen LogP contribution in [0, 0.1) is 0 Å². The van der Waals surface area contributed by atoms with Crippen LogP contribution in [0.4, 0.5) is 0 Å². The Morgan fingerprint density at radius 1 is 1.62 bits per heavy atom. The van der Waals surface area contributed by atoms with Crippen LogP contribution in [0.2, 0.25) is 0 Å². The Morgan fingerprint density at radius 2 is 2.38 bits per heavy atom. The van der Waals surface area contributed by atoms with Gasteiger partial charge in [-0.15, -0.1) is 11.3 Å². The normalized spacial score (nSPS) is 20.4. The minimum atomic E-state index is -0.286. The standard InChI is InChI=1S/C12H17BrO2S/c1-15-12(3-2-4-12)7-10(14)6-11-5-9(13)8-16-11/h5,8,10,14H,2-4,6-7H2,1H3. The summed E-state index contributed by atoms with van der Waals surface area (Å²) in [4.78, 5) is 1.23. The van der Waals surface area contributed by atoms with Crippen molar-refractivity contribution in [2.24, 2.45) is 0 Å². The molecule has 1 aliphatic carbocycles. The molecule has 1 fully saturated rings. The largest absolute Gasteiger partial charge is 0.393 e. The number of ether oxygens (including phenoxy) is 1. The molecular formula is C12H17BrO2S. The third kappa shape index (κ3) is 2.86. The highest BCUT2D eigenvalue weighted by Crippen LogP contribution is 2.39. The molecule has 0 radical (unpaired) electrons. The van der Waals surface area contributed by atoms with Crippen molar-refractivity contribution in [1.29, 1.82) is 0 Å². The Kier molecular flexibility index (Phi) is 4.06. The molecule has 1 heterocycles. The maximum absolute atomic E-state index is 10.1. The molecule has 16 heavy (non-hydrogen) atoms. The first-order valence-electron chi connectivity index (χ1n) is 5.60. The number of halogens is 1. The molecule has 1 saturated carbocycles. The second-order valence-corrected chi connectivity index (χ2v) is 6.45. The van der Waals surface area contributed by atoms with E-state index in [0.717, 1.165) is 30.2 Å². The highest BCUT2D eigenvalue weighted by Gasteiger charge is 2.38. The summed E-state index contributed by atoms with van der Waals surface area (Å²) in [5.74, 6) is 0. The van der Waals surface area contributed by atoms with E-state index in [9.17, 15) is 5.11 Å². The fraction of sp³-hybridized carbons (Fsp3) is 0.667. The summed E-state index contributed by atoms with van der Waals surface area (Å²) in [7, 11) is 1.76. The predicted octanol–water partition coefficient (Wildman–Crippen LogP) is 3.37. The minimum absolute atomic E-state index is 0.0338. The average molecular weight is 305 g/mol. The summed E-state index contributed by atoms with van der Waals surface area (Å²) in [5, 5.41) is 12.1. The lowest BCUT2D eigenvalue weighted by atomic mass is 9.76. The number of thiophene rings is 1. The van der Waals surface area contributed by atoms with Gasteiger partial charge in [-0.1, -0.05) is 0 Å². The number of methoxy groups -OCH3 is 1. The highest BCUT2D eigenvalue weighted by molar-refractivity contribution is 9.10. The van der Waals surface area contributed by atoms with Crippen LogP contribution in [-0.4, -0.2) is 23.9 Å². The van der Waals surface area contributed by atoms with Crippen LogP contribution in [0.1, 0.15) is 30.6 Å². The van der Waals surface area contributed by atoms with Crippen LogP contribution in [0.25, 0.3) is 0 Å². The number of aliphatic hydroxyl groups excluding tert-OH is 1. The van der Waals surface area contributed by atoms with E-state index in [-0.39, 0.29) is 11.7 Å². The Labute approximate surface area is 109 Å². The maximum Gasteiger partial charge on any atom is 0.0703 e. The summed E-state index contributed by atoms with van der Waals surface area (Å²) in [6.07, 6.45) is 4.63. The summed E-state index contributed by atoms with van der Waals surface area (Å²) >= 11 is 5.12. The predicted molar refractivity (Wildman–Crippen MR) is 69.9 cm³/mol. The van der Waals surface area contributed by atoms with Gasteiger partial charge in [0.05, 0.1) is 11.7 Å². The molecule has 0 aromatic carbocycles. The Morgan fingerprint density at radius 3 is 2.81 bits per heavy atom. The first kappa shape index (κ1) is 12.6. The van der Waals surface area contributed by atoms with Crippen molar-refractivity contribution in [1.82, 2.24) is 0 Å². The van der Waals surface area contributed by atoms with Gasteiger partial charge in [0, 0.05) is 34.7 Å². The molecule has 2 nitrogen and oxygen atoms in total. The summed E-state index contributed by atoms with van der Waals surface area (Å²) in [6.45, 7) is 0. The Bertz CT molecular complexity index is 341. The molecule has 1 atom stereocenters. The fourth-order valence-electron chi connectivity index (χ4n) is 2.26. The van der Waals surface area contributed by atoms with E-state index < -0.39 is 0 Å². The van der Waals surface area contributed by atoms with Crippen LogP contribution in [0.5, 0.6) is 0 Å². The van der Waals surface area contributed by atoms with Gasteiger partial charge in [0.2, 0.25) is 0 Å². The van der Waals surface area contributed by atoms with Crippen LogP contribution in [-0.2, 0) is 11.2 Å². The highest BCUT2D eigenvalue weighted by atomic mass is 79.9. The minimum Gasteiger partial charge on any atom is -0.393 e. The first-order valence-corrected chi connectivity index (χ1v) is 7.27. The van der Waals surface area contributed by atoms with Crippen molar-refractivity contribution in [3.05, 3.63) is 20.8 Å². The molecule has 1 aromatic heterocycles. The van der Waals surface area contributed by atoms with E-state index in [1.165, 1.54) is 11.3 Å². The molecule has 4 heteroatoms. The van der Waals surface area contributed by atoms with Gasteiger partial charge in [-0.25, -0.2) is 0 Å². The molecule has 0 spiro atoms. The Hall–Kier alpha value is 0.1000. The van der Waals surface area contributed by atoms with E-state index in [1.54, 1.807) is 18.4 Å². The van der Waals surface area contributed by atoms with Crippen molar-refractivity contribution in [2.75, 3.05) is 7.11 Å². The molecule has 1 N–H and O–H groups in total. The Balaban J connectivity index is 1.86. The van der Waals surface area contributed by atoms with E-state index in [0.29, 0.717) is 0 Å². The summed E-state index contributed by atoms with van der Waals surface area (Å²) in [5.41, 5.74) is -0.0338. The number of rotatable bonds is 5. The van der Waals surface area contributed by atoms with E-state index in [4.69, 9.17) is 4.74 Å². The van der Waals surface area contributed by atoms with Crippen molar-refractivity contribution >= 4 is 27.3 Å². The van der Waals surface area contributed by atoms with Gasteiger partial charge in [0.1, 0.15) is 0 Å². The lowest BCUT2D eigenvalue weighted by Gasteiger charge is -2.41. The smallest absolute Gasteiger partial charge is 0.0703 e. The fourth-order valence-corrected chi connectivity index (χ4v) is 3.78. The van der Waals surface area contributed by atoms with E-state index in [2.05, 4.69) is 27.4 Å². The first-order chi connectivity index (χ1) is 7.63. The van der Waals surface area contributed by atoms with Crippen LogP contribution in [0.15, 0.2) is 15.9 Å². The molecule has 0 aliphatic heterocycles. The zero-order valence-electron chi connectivity index (χ0n) is 9.41.